The molecule has 0 spiro atoms. The first kappa shape index (κ1) is 14.7. The molecule has 0 unspecified atom stereocenters. The van der Waals surface area contributed by atoms with Gasteiger partial charge in [0.2, 0.25) is 5.91 Å². The van der Waals surface area contributed by atoms with Crippen molar-refractivity contribution in [3.05, 3.63) is 29.8 Å². The monoisotopic (exact) mass is 303 g/mol. The van der Waals surface area contributed by atoms with Crippen molar-refractivity contribution in [1.82, 2.24) is 10.6 Å². The van der Waals surface area contributed by atoms with Crippen LogP contribution in [-0.2, 0) is 9.53 Å². The number of anilines is 1. The quantitative estimate of drug-likeness (QED) is 0.880. The molecule has 2 fully saturated rings. The Morgan fingerprint density at radius 2 is 2.14 bits per heavy atom. The Hall–Kier alpha value is -2.24. The van der Waals surface area contributed by atoms with E-state index in [1.165, 1.54) is 11.3 Å². The molecule has 0 aliphatic carbocycles. The highest BCUT2D eigenvalue weighted by molar-refractivity contribution is 5.88. The molecule has 0 saturated carbocycles. The van der Waals surface area contributed by atoms with Crippen LogP contribution >= 0.6 is 0 Å². The summed E-state index contributed by atoms with van der Waals surface area (Å²) in [6.07, 6.45) is 1.29. The minimum absolute atomic E-state index is 0.118. The number of benzene rings is 1. The summed E-state index contributed by atoms with van der Waals surface area (Å²) in [5.74, 6) is -0.153. The first-order valence-electron chi connectivity index (χ1n) is 7.67. The molecule has 118 valence electrons. The maximum Gasteiger partial charge on any atom is 0.407 e. The molecular formula is C16H21N3O3. The summed E-state index contributed by atoms with van der Waals surface area (Å²) in [5.41, 5.74) is 2.49. The number of carbonyl (C=O) groups excluding carboxylic acids is 2. The Balaban J connectivity index is 1.49. The summed E-state index contributed by atoms with van der Waals surface area (Å²) < 4.78 is 4.74. The molecule has 2 aliphatic heterocycles. The number of ether oxygens (including phenoxy) is 1. The average Bonchev–Trinajstić information content (AvgIpc) is 2.95. The van der Waals surface area contributed by atoms with E-state index in [2.05, 4.69) is 46.7 Å². The Kier molecular flexibility index (Phi) is 4.18. The van der Waals surface area contributed by atoms with Gasteiger partial charge in [0.15, 0.2) is 0 Å². The average molecular weight is 303 g/mol. The molecule has 0 radical (unpaired) electrons. The van der Waals surface area contributed by atoms with Crippen molar-refractivity contribution >= 4 is 17.7 Å². The van der Waals surface area contributed by atoms with E-state index in [9.17, 15) is 9.59 Å². The highest BCUT2D eigenvalue weighted by atomic mass is 16.6. The zero-order valence-corrected chi connectivity index (χ0v) is 12.7. The lowest BCUT2D eigenvalue weighted by atomic mass is 10.0. The van der Waals surface area contributed by atoms with Gasteiger partial charge in [0.1, 0.15) is 12.6 Å². The van der Waals surface area contributed by atoms with E-state index in [1.54, 1.807) is 0 Å². The van der Waals surface area contributed by atoms with E-state index in [1.807, 2.05) is 0 Å². The molecular weight excluding hydrogens is 282 g/mol. The molecule has 0 bridgehead atoms. The number of alkyl carbamates (subject to hydrolysis) is 1. The Bertz CT molecular complexity index is 568. The van der Waals surface area contributed by atoms with Crippen LogP contribution in [0.1, 0.15) is 18.4 Å². The molecule has 6 heteroatoms. The van der Waals surface area contributed by atoms with Crippen LogP contribution in [0.2, 0.25) is 0 Å². The van der Waals surface area contributed by atoms with E-state index in [0.717, 1.165) is 25.9 Å². The second-order valence-corrected chi connectivity index (χ2v) is 5.90. The van der Waals surface area contributed by atoms with Crippen LogP contribution in [0.5, 0.6) is 0 Å². The Morgan fingerprint density at radius 3 is 2.77 bits per heavy atom. The lowest BCUT2D eigenvalue weighted by Gasteiger charge is -2.34. The third kappa shape index (κ3) is 3.32. The minimum Gasteiger partial charge on any atom is -0.447 e. The predicted octanol–water partition coefficient (Wildman–Crippen LogP) is 1.19. The number of aryl methyl sites for hydroxylation is 1. The van der Waals surface area contributed by atoms with Crippen molar-refractivity contribution < 1.29 is 14.3 Å². The standard InChI is InChI=1S/C16H21N3O3/c1-11-3-2-4-13(9-11)19-7-5-12(6-8-19)17-15(20)14-10-22-16(21)18-14/h2-4,9,12,14H,5-8,10H2,1H3,(H,17,20)(H,18,21)/t14-/m0/s1. The van der Waals surface area contributed by atoms with Crippen LogP contribution in [0.3, 0.4) is 0 Å². The van der Waals surface area contributed by atoms with Gasteiger partial charge in [-0.25, -0.2) is 4.79 Å². The second kappa shape index (κ2) is 6.25. The fourth-order valence-electron chi connectivity index (χ4n) is 2.93. The lowest BCUT2D eigenvalue weighted by molar-refractivity contribution is -0.123. The fraction of sp³-hybridized carbons (Fsp3) is 0.500. The van der Waals surface area contributed by atoms with Crippen molar-refractivity contribution in [2.24, 2.45) is 0 Å². The van der Waals surface area contributed by atoms with Gasteiger partial charge in [0.25, 0.3) is 0 Å². The molecule has 22 heavy (non-hydrogen) atoms. The van der Waals surface area contributed by atoms with Gasteiger partial charge in [0, 0.05) is 24.8 Å². The van der Waals surface area contributed by atoms with Gasteiger partial charge in [-0.2, -0.15) is 0 Å². The summed E-state index contributed by atoms with van der Waals surface area (Å²) in [4.78, 5) is 25.3. The van der Waals surface area contributed by atoms with Crippen LogP contribution in [0.15, 0.2) is 24.3 Å². The van der Waals surface area contributed by atoms with Gasteiger partial charge >= 0.3 is 6.09 Å². The smallest absolute Gasteiger partial charge is 0.407 e. The van der Waals surface area contributed by atoms with Crippen LogP contribution in [-0.4, -0.2) is 43.8 Å². The van der Waals surface area contributed by atoms with Gasteiger partial charge in [-0.05, 0) is 37.5 Å². The zero-order valence-electron chi connectivity index (χ0n) is 12.7. The van der Waals surface area contributed by atoms with E-state index >= 15 is 0 Å². The number of rotatable bonds is 3. The van der Waals surface area contributed by atoms with E-state index in [4.69, 9.17) is 4.74 Å². The molecule has 6 nitrogen and oxygen atoms in total. The zero-order chi connectivity index (χ0) is 15.5. The first-order valence-corrected chi connectivity index (χ1v) is 7.67. The van der Waals surface area contributed by atoms with Crippen molar-refractivity contribution in [1.29, 1.82) is 0 Å². The van der Waals surface area contributed by atoms with E-state index in [-0.39, 0.29) is 18.6 Å². The number of carbonyl (C=O) groups is 2. The van der Waals surface area contributed by atoms with Crippen LogP contribution in [0.25, 0.3) is 0 Å². The number of amides is 2. The summed E-state index contributed by atoms with van der Waals surface area (Å²) in [5, 5.41) is 5.50. The maximum atomic E-state index is 12.0. The van der Waals surface area contributed by atoms with E-state index < -0.39 is 12.1 Å². The molecule has 2 heterocycles. The van der Waals surface area contributed by atoms with Gasteiger partial charge in [-0.3, -0.25) is 4.79 Å². The summed E-state index contributed by atoms with van der Waals surface area (Å²) >= 11 is 0. The summed E-state index contributed by atoms with van der Waals surface area (Å²) in [6.45, 7) is 4.05. The SMILES string of the molecule is Cc1cccc(N2CCC(NC(=O)[C@@H]3COC(=O)N3)CC2)c1. The normalized spacial score (nSPS) is 22.1. The Labute approximate surface area is 129 Å². The lowest BCUT2D eigenvalue weighted by Crippen LogP contribution is -2.50. The molecule has 0 aromatic heterocycles. The number of nitrogens with one attached hydrogen (secondary N) is 2. The Morgan fingerprint density at radius 1 is 1.36 bits per heavy atom. The maximum absolute atomic E-state index is 12.0. The number of piperidine rings is 1. The van der Waals surface area contributed by atoms with Gasteiger partial charge in [-0.15, -0.1) is 0 Å². The highest BCUT2D eigenvalue weighted by Gasteiger charge is 2.30. The summed E-state index contributed by atoms with van der Waals surface area (Å²) in [7, 11) is 0. The summed E-state index contributed by atoms with van der Waals surface area (Å²) in [6, 6.07) is 8.07. The predicted molar refractivity (Wildman–Crippen MR) is 82.8 cm³/mol. The minimum atomic E-state index is -0.553. The third-order valence-electron chi connectivity index (χ3n) is 4.20. The van der Waals surface area contributed by atoms with Crippen LogP contribution in [0, 0.1) is 6.92 Å². The molecule has 2 amide bonds. The van der Waals surface area contributed by atoms with Gasteiger partial charge in [-0.1, -0.05) is 12.1 Å². The number of nitrogens with zero attached hydrogens (tertiary/aromatic N) is 1. The van der Waals surface area contributed by atoms with Crippen LogP contribution in [0.4, 0.5) is 10.5 Å². The number of hydrogen-bond donors (Lipinski definition) is 2. The van der Waals surface area contributed by atoms with Crippen LogP contribution < -0.4 is 15.5 Å². The van der Waals surface area contributed by atoms with Crippen molar-refractivity contribution in [3.8, 4) is 0 Å². The van der Waals surface area contributed by atoms with E-state index in [0.29, 0.717) is 0 Å². The van der Waals surface area contributed by atoms with Gasteiger partial charge in [0.05, 0.1) is 0 Å². The highest BCUT2D eigenvalue weighted by Crippen LogP contribution is 2.21. The molecule has 1 atom stereocenters. The first-order chi connectivity index (χ1) is 10.6. The molecule has 2 N–H and O–H groups in total. The number of cyclic esters (lactones) is 1. The van der Waals surface area contributed by atoms with Crippen molar-refractivity contribution in [3.63, 3.8) is 0 Å². The van der Waals surface area contributed by atoms with Gasteiger partial charge < -0.3 is 20.3 Å². The fourth-order valence-corrected chi connectivity index (χ4v) is 2.93. The molecule has 3 rings (SSSR count). The number of hydrogen-bond acceptors (Lipinski definition) is 4. The third-order valence-corrected chi connectivity index (χ3v) is 4.20. The molecule has 2 aliphatic rings. The van der Waals surface area contributed by atoms with Crippen molar-refractivity contribution in [2.75, 3.05) is 24.6 Å². The molecule has 1 aromatic carbocycles. The topological polar surface area (TPSA) is 70.7 Å². The van der Waals surface area contributed by atoms with Crippen molar-refractivity contribution in [2.45, 2.75) is 31.8 Å². The largest absolute Gasteiger partial charge is 0.447 e. The molecule has 2 saturated heterocycles. The second-order valence-electron chi connectivity index (χ2n) is 5.90. The molecule has 1 aromatic rings.